The second kappa shape index (κ2) is 5.91. The number of esters is 1. The van der Waals surface area contributed by atoms with E-state index in [1.54, 1.807) is 24.3 Å². The average molecular weight is 393 g/mol. The number of hydrogen-bond acceptors (Lipinski definition) is 2. The fourth-order valence-corrected chi connectivity index (χ4v) is 2.13. The van der Waals surface area contributed by atoms with Gasteiger partial charge in [0.15, 0.2) is 0 Å². The lowest BCUT2D eigenvalue weighted by atomic mass is 10.2. The average Bonchev–Trinajstić information content (AvgIpc) is 2.32. The van der Waals surface area contributed by atoms with Crippen LogP contribution in [-0.2, 0) is 0 Å². The summed E-state index contributed by atoms with van der Waals surface area (Å²) in [6.07, 6.45) is 0. The minimum absolute atomic E-state index is 0.328. The minimum Gasteiger partial charge on any atom is -0.423 e. The molecule has 0 saturated heterocycles. The summed E-state index contributed by atoms with van der Waals surface area (Å²) in [5.74, 6) is 0.0357. The molecule has 0 aliphatic heterocycles. The number of ether oxygens (including phenoxy) is 1. The van der Waals surface area contributed by atoms with Gasteiger partial charge in [0.1, 0.15) is 5.75 Å². The fourth-order valence-electron chi connectivity index (χ4n) is 1.32. The lowest BCUT2D eigenvalue weighted by Gasteiger charge is -2.05. The molecule has 2 rings (SSSR count). The maximum atomic E-state index is 11.9. The Hall–Kier alpha value is -0.780. The van der Waals surface area contributed by atoms with E-state index in [1.807, 2.05) is 12.1 Å². The monoisotopic (exact) mass is 392 g/mol. The van der Waals surface area contributed by atoms with Gasteiger partial charge in [-0.25, -0.2) is 4.79 Å². The molecule has 18 heavy (non-hydrogen) atoms. The molecule has 0 atom stereocenters. The summed E-state index contributed by atoms with van der Waals surface area (Å²) in [5, 5.41) is 0.733. The van der Waals surface area contributed by atoms with E-state index in [4.69, 9.17) is 27.9 Å². The first-order valence-electron chi connectivity index (χ1n) is 4.99. The van der Waals surface area contributed by atoms with Crippen molar-refractivity contribution in [3.63, 3.8) is 0 Å². The Morgan fingerprint density at radius 2 is 1.83 bits per heavy atom. The highest BCUT2D eigenvalue weighted by Gasteiger charge is 2.10. The van der Waals surface area contributed by atoms with Gasteiger partial charge in [0.05, 0.1) is 15.6 Å². The Bertz CT molecular complexity index is 599. The van der Waals surface area contributed by atoms with Gasteiger partial charge in [-0.05, 0) is 59.0 Å². The van der Waals surface area contributed by atoms with Gasteiger partial charge in [-0.1, -0.05) is 29.3 Å². The van der Waals surface area contributed by atoms with E-state index in [1.165, 1.54) is 6.07 Å². The van der Waals surface area contributed by atoms with E-state index in [0.717, 1.165) is 3.57 Å². The second-order valence-corrected chi connectivity index (χ2v) is 5.54. The van der Waals surface area contributed by atoms with E-state index in [-0.39, 0.29) is 0 Å². The maximum Gasteiger partial charge on any atom is 0.343 e. The van der Waals surface area contributed by atoms with Gasteiger partial charge in [-0.15, -0.1) is 0 Å². The Morgan fingerprint density at radius 3 is 2.50 bits per heavy atom. The largest absolute Gasteiger partial charge is 0.423 e. The molecule has 0 amide bonds. The number of hydrogen-bond donors (Lipinski definition) is 0. The van der Waals surface area contributed by atoms with Crippen molar-refractivity contribution in [2.24, 2.45) is 0 Å². The fraction of sp³-hybridized carbons (Fsp3) is 0. The number of benzene rings is 2. The zero-order valence-corrected chi connectivity index (χ0v) is 12.7. The van der Waals surface area contributed by atoms with Crippen molar-refractivity contribution in [3.05, 3.63) is 61.6 Å². The highest BCUT2D eigenvalue weighted by molar-refractivity contribution is 14.1. The van der Waals surface area contributed by atoms with Crippen LogP contribution in [0.4, 0.5) is 0 Å². The molecule has 0 fully saturated rings. The number of halogens is 3. The molecule has 92 valence electrons. The Balaban J connectivity index is 2.19. The summed E-state index contributed by atoms with van der Waals surface area (Å²) in [5.41, 5.74) is 0.364. The van der Waals surface area contributed by atoms with Crippen LogP contribution in [0.25, 0.3) is 0 Å². The number of carbonyl (C=O) groups excluding carboxylic acids is 1. The van der Waals surface area contributed by atoms with Crippen molar-refractivity contribution < 1.29 is 9.53 Å². The molecule has 0 aliphatic carbocycles. The highest BCUT2D eigenvalue weighted by atomic mass is 127. The molecule has 0 spiro atoms. The van der Waals surface area contributed by atoms with Gasteiger partial charge in [-0.3, -0.25) is 0 Å². The van der Waals surface area contributed by atoms with Gasteiger partial charge in [0.25, 0.3) is 0 Å². The van der Waals surface area contributed by atoms with Gasteiger partial charge in [-0.2, -0.15) is 0 Å². The van der Waals surface area contributed by atoms with Crippen LogP contribution in [-0.4, -0.2) is 5.97 Å². The predicted molar refractivity (Wildman–Crippen MR) is 80.6 cm³/mol. The molecule has 5 heteroatoms. The minimum atomic E-state index is -0.462. The van der Waals surface area contributed by atoms with E-state index >= 15 is 0 Å². The molecule has 0 N–H and O–H groups in total. The third-order valence-electron chi connectivity index (χ3n) is 2.16. The van der Waals surface area contributed by atoms with Crippen molar-refractivity contribution in [3.8, 4) is 5.75 Å². The van der Waals surface area contributed by atoms with Crippen LogP contribution >= 0.6 is 45.8 Å². The molecular formula is C13H7Cl2IO2. The molecular weight excluding hydrogens is 386 g/mol. The molecule has 0 heterocycles. The van der Waals surface area contributed by atoms with Crippen LogP contribution in [0.15, 0.2) is 42.5 Å². The smallest absolute Gasteiger partial charge is 0.343 e. The summed E-state index contributed by atoms with van der Waals surface area (Å²) >= 11 is 13.8. The van der Waals surface area contributed by atoms with Crippen LogP contribution in [0, 0.1) is 3.57 Å². The second-order valence-electron chi connectivity index (χ2n) is 3.48. The third kappa shape index (κ3) is 3.37. The lowest BCUT2D eigenvalue weighted by Crippen LogP contribution is -2.08. The SMILES string of the molecule is O=C(Oc1cccc(I)c1)c1ccc(Cl)c(Cl)c1. The van der Waals surface area contributed by atoms with Crippen LogP contribution in [0.5, 0.6) is 5.75 Å². The molecule has 0 aromatic heterocycles. The summed E-state index contributed by atoms with van der Waals surface area (Å²) in [4.78, 5) is 11.9. The molecule has 0 aliphatic rings. The van der Waals surface area contributed by atoms with E-state index in [2.05, 4.69) is 22.6 Å². The van der Waals surface area contributed by atoms with Crippen LogP contribution in [0.3, 0.4) is 0 Å². The number of rotatable bonds is 2. The highest BCUT2D eigenvalue weighted by Crippen LogP contribution is 2.23. The zero-order valence-electron chi connectivity index (χ0n) is 8.99. The van der Waals surface area contributed by atoms with Crippen molar-refractivity contribution >= 4 is 51.8 Å². The Morgan fingerprint density at radius 1 is 1.06 bits per heavy atom. The normalized spacial score (nSPS) is 10.2. The molecule has 2 aromatic carbocycles. The lowest BCUT2D eigenvalue weighted by molar-refractivity contribution is 0.0734. The molecule has 0 unspecified atom stereocenters. The maximum absolute atomic E-state index is 11.9. The zero-order chi connectivity index (χ0) is 13.1. The van der Waals surface area contributed by atoms with Crippen molar-refractivity contribution in [1.29, 1.82) is 0 Å². The standard InChI is InChI=1S/C13H7Cl2IO2/c14-11-5-4-8(6-12(11)15)13(17)18-10-3-1-2-9(16)7-10/h1-7H. The third-order valence-corrected chi connectivity index (χ3v) is 3.57. The van der Waals surface area contributed by atoms with Crippen molar-refractivity contribution in [2.75, 3.05) is 0 Å². The van der Waals surface area contributed by atoms with Gasteiger partial charge < -0.3 is 4.74 Å². The number of carbonyl (C=O) groups is 1. The molecule has 0 radical (unpaired) electrons. The van der Waals surface area contributed by atoms with Crippen LogP contribution in [0.1, 0.15) is 10.4 Å². The van der Waals surface area contributed by atoms with E-state index in [0.29, 0.717) is 21.4 Å². The summed E-state index contributed by atoms with van der Waals surface area (Å²) in [7, 11) is 0. The molecule has 0 saturated carbocycles. The van der Waals surface area contributed by atoms with Crippen molar-refractivity contribution in [2.45, 2.75) is 0 Å². The summed E-state index contributed by atoms with van der Waals surface area (Å²) in [6, 6.07) is 11.9. The summed E-state index contributed by atoms with van der Waals surface area (Å²) in [6.45, 7) is 0. The van der Waals surface area contributed by atoms with E-state index in [9.17, 15) is 4.79 Å². The van der Waals surface area contributed by atoms with Gasteiger partial charge >= 0.3 is 5.97 Å². The first kappa shape index (κ1) is 13.6. The quantitative estimate of drug-likeness (QED) is 0.416. The molecule has 2 aromatic rings. The van der Waals surface area contributed by atoms with Gasteiger partial charge in [0, 0.05) is 3.57 Å². The van der Waals surface area contributed by atoms with Gasteiger partial charge in [0.2, 0.25) is 0 Å². The van der Waals surface area contributed by atoms with E-state index < -0.39 is 5.97 Å². The van der Waals surface area contributed by atoms with Crippen LogP contribution in [0.2, 0.25) is 10.0 Å². The van der Waals surface area contributed by atoms with Crippen LogP contribution < -0.4 is 4.74 Å². The molecule has 0 bridgehead atoms. The predicted octanol–water partition coefficient (Wildman–Crippen LogP) is 4.82. The summed E-state index contributed by atoms with van der Waals surface area (Å²) < 4.78 is 6.22. The molecule has 2 nitrogen and oxygen atoms in total. The first-order chi connectivity index (χ1) is 8.56. The Labute approximate surface area is 128 Å². The van der Waals surface area contributed by atoms with Crippen molar-refractivity contribution in [1.82, 2.24) is 0 Å². The topological polar surface area (TPSA) is 26.3 Å². The first-order valence-corrected chi connectivity index (χ1v) is 6.82. The Kier molecular flexibility index (Phi) is 4.48.